The van der Waals surface area contributed by atoms with Gasteiger partial charge in [-0.3, -0.25) is 4.79 Å². The van der Waals surface area contributed by atoms with Crippen LogP contribution in [-0.2, 0) is 0 Å². The Bertz CT molecular complexity index is 685. The molecule has 6 heteroatoms. The van der Waals surface area contributed by atoms with Crippen molar-refractivity contribution in [3.63, 3.8) is 0 Å². The van der Waals surface area contributed by atoms with E-state index in [0.717, 1.165) is 18.4 Å². The number of halogens is 3. The van der Waals surface area contributed by atoms with E-state index < -0.39 is 0 Å². The molecule has 2 aromatic rings. The smallest absolute Gasteiger partial charge is 0.253 e. The molecule has 110 valence electrons. The van der Waals surface area contributed by atoms with Crippen LogP contribution in [0.5, 0.6) is 0 Å². The number of rotatable bonds is 3. The number of hydrogen-bond donors (Lipinski definition) is 1. The maximum atomic E-state index is 12.2. The fourth-order valence-corrected chi connectivity index (χ4v) is 4.01. The standard InChI is InChI=1S/C15H12Cl3NOS/c16-8-1-2-9(12(17)7-8)10-3-4-13(10)19-15(20)11-5-6-21-14(11)18/h1-2,5-7,10,13H,3-4H2,(H,19,20)/t10-,13-/m0/s1. The van der Waals surface area contributed by atoms with Gasteiger partial charge in [-0.2, -0.15) is 0 Å². The molecule has 3 rings (SSSR count). The summed E-state index contributed by atoms with van der Waals surface area (Å²) in [5.74, 6) is 0.108. The van der Waals surface area contributed by atoms with Gasteiger partial charge in [-0.15, -0.1) is 11.3 Å². The summed E-state index contributed by atoms with van der Waals surface area (Å²) in [6.45, 7) is 0. The maximum absolute atomic E-state index is 12.2. The van der Waals surface area contributed by atoms with E-state index in [4.69, 9.17) is 34.8 Å². The Kier molecular flexibility index (Phi) is 4.46. The summed E-state index contributed by atoms with van der Waals surface area (Å²) in [6.07, 6.45) is 1.95. The number of amides is 1. The topological polar surface area (TPSA) is 29.1 Å². The van der Waals surface area contributed by atoms with Gasteiger partial charge in [-0.05, 0) is 42.0 Å². The normalized spacial score (nSPS) is 20.9. The molecule has 1 aliphatic carbocycles. The number of carbonyl (C=O) groups is 1. The second-order valence-electron chi connectivity index (χ2n) is 5.04. The first-order valence-corrected chi connectivity index (χ1v) is 8.56. The van der Waals surface area contributed by atoms with Crippen LogP contribution in [0, 0.1) is 0 Å². The van der Waals surface area contributed by atoms with Gasteiger partial charge < -0.3 is 5.32 Å². The number of hydrogen-bond acceptors (Lipinski definition) is 2. The van der Waals surface area contributed by atoms with E-state index in [1.54, 1.807) is 12.1 Å². The molecule has 1 aromatic carbocycles. The third-order valence-electron chi connectivity index (χ3n) is 3.82. The minimum atomic E-state index is -0.124. The molecule has 1 amide bonds. The zero-order chi connectivity index (χ0) is 15.0. The van der Waals surface area contributed by atoms with Crippen molar-refractivity contribution in [3.8, 4) is 0 Å². The lowest BCUT2D eigenvalue weighted by Gasteiger charge is -2.38. The Morgan fingerprint density at radius 3 is 2.57 bits per heavy atom. The molecule has 0 radical (unpaired) electrons. The lowest BCUT2D eigenvalue weighted by Crippen LogP contribution is -2.45. The Labute approximate surface area is 142 Å². The van der Waals surface area contributed by atoms with Gasteiger partial charge in [0.25, 0.3) is 5.91 Å². The number of carbonyl (C=O) groups excluding carboxylic acids is 1. The van der Waals surface area contributed by atoms with Crippen molar-refractivity contribution in [3.05, 3.63) is 55.2 Å². The SMILES string of the molecule is O=C(N[C@H]1CC[C@H]1c1ccc(Cl)cc1Cl)c1ccsc1Cl. The third-order valence-corrected chi connectivity index (χ3v) is 5.55. The highest BCUT2D eigenvalue weighted by atomic mass is 35.5. The maximum Gasteiger partial charge on any atom is 0.253 e. The zero-order valence-corrected chi connectivity index (χ0v) is 14.0. The minimum Gasteiger partial charge on any atom is -0.349 e. The van der Waals surface area contributed by atoms with E-state index in [9.17, 15) is 4.79 Å². The Morgan fingerprint density at radius 2 is 2.00 bits per heavy atom. The summed E-state index contributed by atoms with van der Waals surface area (Å²) in [4.78, 5) is 12.2. The van der Waals surface area contributed by atoms with Crippen molar-refractivity contribution in [2.45, 2.75) is 24.8 Å². The average Bonchev–Trinajstić information content (AvgIpc) is 2.84. The predicted molar refractivity (Wildman–Crippen MR) is 89.0 cm³/mol. The van der Waals surface area contributed by atoms with Gasteiger partial charge >= 0.3 is 0 Å². The molecule has 1 fully saturated rings. The van der Waals surface area contributed by atoms with E-state index in [0.29, 0.717) is 19.9 Å². The van der Waals surface area contributed by atoms with Crippen molar-refractivity contribution >= 4 is 52.0 Å². The highest BCUT2D eigenvalue weighted by Crippen LogP contribution is 2.41. The predicted octanol–water partition coefficient (Wildman–Crippen LogP) is 5.38. The van der Waals surface area contributed by atoms with Gasteiger partial charge in [0.05, 0.1) is 5.56 Å². The molecule has 1 aliphatic rings. The Balaban J connectivity index is 1.73. The van der Waals surface area contributed by atoms with E-state index in [1.165, 1.54) is 11.3 Å². The zero-order valence-electron chi connectivity index (χ0n) is 10.9. The lowest BCUT2D eigenvalue weighted by molar-refractivity contribution is 0.0905. The first-order valence-electron chi connectivity index (χ1n) is 6.55. The Morgan fingerprint density at radius 1 is 1.19 bits per heavy atom. The molecule has 2 nitrogen and oxygen atoms in total. The van der Waals surface area contributed by atoms with Crippen LogP contribution in [0.4, 0.5) is 0 Å². The number of thiophene rings is 1. The van der Waals surface area contributed by atoms with Crippen LogP contribution in [0.1, 0.15) is 34.7 Å². The molecule has 0 spiro atoms. The molecule has 2 atom stereocenters. The van der Waals surface area contributed by atoms with Gasteiger partial charge in [-0.25, -0.2) is 0 Å². The highest BCUT2D eigenvalue weighted by molar-refractivity contribution is 7.14. The largest absolute Gasteiger partial charge is 0.349 e. The summed E-state index contributed by atoms with van der Waals surface area (Å²) < 4.78 is 0.521. The van der Waals surface area contributed by atoms with Crippen LogP contribution in [0.2, 0.25) is 14.4 Å². The van der Waals surface area contributed by atoms with Crippen molar-refractivity contribution in [1.29, 1.82) is 0 Å². The first-order chi connectivity index (χ1) is 10.1. The van der Waals surface area contributed by atoms with Crippen LogP contribution >= 0.6 is 46.1 Å². The molecular weight excluding hydrogens is 349 g/mol. The lowest BCUT2D eigenvalue weighted by atomic mass is 9.75. The minimum absolute atomic E-state index is 0.0899. The van der Waals surface area contributed by atoms with Gasteiger partial charge in [0, 0.05) is 22.0 Å². The van der Waals surface area contributed by atoms with E-state index in [1.807, 2.05) is 17.5 Å². The highest BCUT2D eigenvalue weighted by Gasteiger charge is 2.35. The van der Waals surface area contributed by atoms with E-state index in [2.05, 4.69) is 5.32 Å². The Hall–Kier alpha value is -0.740. The fourth-order valence-electron chi connectivity index (χ4n) is 2.55. The van der Waals surface area contributed by atoms with E-state index in [-0.39, 0.29) is 17.9 Å². The average molecular weight is 361 g/mol. The molecule has 1 heterocycles. The molecule has 1 N–H and O–H groups in total. The van der Waals surface area contributed by atoms with Gasteiger partial charge in [0.1, 0.15) is 4.34 Å². The summed E-state index contributed by atoms with van der Waals surface area (Å²) in [5, 5.41) is 6.12. The second-order valence-corrected chi connectivity index (χ2v) is 7.40. The molecule has 21 heavy (non-hydrogen) atoms. The van der Waals surface area contributed by atoms with Crippen molar-refractivity contribution in [2.75, 3.05) is 0 Å². The molecule has 0 unspecified atom stereocenters. The van der Waals surface area contributed by atoms with Crippen LogP contribution in [0.25, 0.3) is 0 Å². The van der Waals surface area contributed by atoms with Crippen LogP contribution < -0.4 is 5.32 Å². The summed E-state index contributed by atoms with van der Waals surface area (Å²) in [5.41, 5.74) is 1.57. The third kappa shape index (κ3) is 3.07. The molecule has 1 saturated carbocycles. The molecule has 0 bridgehead atoms. The molecule has 0 saturated heterocycles. The van der Waals surface area contributed by atoms with Crippen LogP contribution in [0.15, 0.2) is 29.6 Å². The first kappa shape index (κ1) is 15.2. The van der Waals surface area contributed by atoms with Crippen molar-refractivity contribution in [2.24, 2.45) is 0 Å². The monoisotopic (exact) mass is 359 g/mol. The fraction of sp³-hybridized carbons (Fsp3) is 0.267. The van der Waals surface area contributed by atoms with Gasteiger partial charge in [0.2, 0.25) is 0 Å². The molecule has 1 aromatic heterocycles. The van der Waals surface area contributed by atoms with Gasteiger partial charge in [0.15, 0.2) is 0 Å². The quantitative estimate of drug-likeness (QED) is 0.781. The van der Waals surface area contributed by atoms with Gasteiger partial charge in [-0.1, -0.05) is 40.9 Å². The number of benzene rings is 1. The number of nitrogens with one attached hydrogen (secondary N) is 1. The van der Waals surface area contributed by atoms with Crippen LogP contribution in [0.3, 0.4) is 0 Å². The molecule has 0 aliphatic heterocycles. The second kappa shape index (κ2) is 6.17. The summed E-state index contributed by atoms with van der Waals surface area (Å²) in [6, 6.07) is 7.34. The van der Waals surface area contributed by atoms with Crippen molar-refractivity contribution in [1.82, 2.24) is 5.32 Å². The van der Waals surface area contributed by atoms with Crippen molar-refractivity contribution < 1.29 is 4.79 Å². The summed E-state index contributed by atoms with van der Waals surface area (Å²) in [7, 11) is 0. The van der Waals surface area contributed by atoms with Crippen LogP contribution in [-0.4, -0.2) is 11.9 Å². The van der Waals surface area contributed by atoms with E-state index >= 15 is 0 Å². The molecular formula is C15H12Cl3NOS. The summed E-state index contributed by atoms with van der Waals surface area (Å²) >= 11 is 19.5.